The van der Waals surface area contributed by atoms with Gasteiger partial charge in [0.2, 0.25) is 0 Å². The third kappa shape index (κ3) is 22.7. The second kappa shape index (κ2) is 17.1. The lowest BCUT2D eigenvalue weighted by Crippen LogP contribution is -2.22. The molecule has 1 saturated carbocycles. The molecule has 26 heavy (non-hydrogen) atoms. The molecule has 2 heteroatoms. The molecule has 154 valence electrons. The van der Waals surface area contributed by atoms with Gasteiger partial charge in [0.05, 0.1) is 7.11 Å². The molecular formula is C24H46O2. The van der Waals surface area contributed by atoms with Crippen molar-refractivity contribution in [2.45, 2.75) is 87.0 Å². The number of methoxy groups -OCH3 is 1. The van der Waals surface area contributed by atoms with Crippen LogP contribution >= 0.6 is 0 Å². The van der Waals surface area contributed by atoms with Gasteiger partial charge in [-0.2, -0.15) is 0 Å². The van der Waals surface area contributed by atoms with E-state index < -0.39 is 0 Å². The maximum atomic E-state index is 10.3. The molecular weight excluding hydrogens is 320 g/mol. The Hall–Kier alpha value is -1.31. The maximum Gasteiger partial charge on any atom is 0.330 e. The highest BCUT2D eigenvalue weighted by Crippen LogP contribution is 2.37. The summed E-state index contributed by atoms with van der Waals surface area (Å²) in [6.45, 7) is 25.1. The first-order valence-corrected chi connectivity index (χ1v) is 9.86. The fraction of sp³-hybridized carbons (Fsp3) is 0.708. The van der Waals surface area contributed by atoms with Crippen LogP contribution in [0.25, 0.3) is 0 Å². The normalized spacial score (nSPS) is 14.6. The third-order valence-electron chi connectivity index (χ3n) is 4.13. The Balaban J connectivity index is -0.000000300. The Morgan fingerprint density at radius 3 is 1.69 bits per heavy atom. The van der Waals surface area contributed by atoms with Crippen molar-refractivity contribution >= 4 is 5.97 Å². The average molecular weight is 367 g/mol. The van der Waals surface area contributed by atoms with E-state index in [2.05, 4.69) is 66.0 Å². The zero-order valence-corrected chi connectivity index (χ0v) is 19.0. The van der Waals surface area contributed by atoms with Crippen molar-refractivity contribution < 1.29 is 9.53 Å². The molecule has 0 aromatic carbocycles. The quantitative estimate of drug-likeness (QED) is 0.283. The Morgan fingerprint density at radius 2 is 1.46 bits per heavy atom. The van der Waals surface area contributed by atoms with E-state index >= 15 is 0 Å². The van der Waals surface area contributed by atoms with Crippen LogP contribution in [0.1, 0.15) is 87.0 Å². The van der Waals surface area contributed by atoms with Crippen molar-refractivity contribution in [3.8, 4) is 0 Å². The number of carbonyl (C=O) groups is 1. The minimum atomic E-state index is -0.285. The van der Waals surface area contributed by atoms with E-state index in [1.165, 1.54) is 45.3 Å². The van der Waals surface area contributed by atoms with Gasteiger partial charge in [0.1, 0.15) is 0 Å². The predicted octanol–water partition coefficient (Wildman–Crippen LogP) is 7.76. The number of esters is 1. The van der Waals surface area contributed by atoms with Crippen LogP contribution in [-0.4, -0.2) is 13.1 Å². The number of allylic oxidation sites excluding steroid dienone is 2. The van der Waals surface area contributed by atoms with Crippen molar-refractivity contribution in [1.82, 2.24) is 0 Å². The summed E-state index contributed by atoms with van der Waals surface area (Å²) in [7, 11) is 1.36. The Morgan fingerprint density at radius 1 is 1.04 bits per heavy atom. The minimum absolute atomic E-state index is 0.285. The topological polar surface area (TPSA) is 26.3 Å². The van der Waals surface area contributed by atoms with Gasteiger partial charge in [-0.1, -0.05) is 79.9 Å². The van der Waals surface area contributed by atoms with Crippen molar-refractivity contribution in [2.24, 2.45) is 16.7 Å². The molecule has 0 saturated heterocycles. The fourth-order valence-electron chi connectivity index (χ4n) is 2.25. The monoisotopic (exact) mass is 366 g/mol. The van der Waals surface area contributed by atoms with E-state index in [0.717, 1.165) is 12.3 Å². The van der Waals surface area contributed by atoms with Crippen LogP contribution in [0.15, 0.2) is 38.0 Å². The van der Waals surface area contributed by atoms with E-state index in [4.69, 9.17) is 0 Å². The first-order valence-electron chi connectivity index (χ1n) is 9.86. The SMILES string of the molecule is C=C.C=CC(C)(C)C.CC(C)(C)C1CCCCC1.CC/C=C\C(=O)OC. The highest BCUT2D eigenvalue weighted by Gasteiger charge is 2.25. The van der Waals surface area contributed by atoms with E-state index in [0.29, 0.717) is 10.8 Å². The largest absolute Gasteiger partial charge is 0.466 e. The number of hydrogen-bond acceptors (Lipinski definition) is 2. The molecule has 0 bridgehead atoms. The van der Waals surface area contributed by atoms with Crippen LogP contribution in [0.3, 0.4) is 0 Å². The number of carbonyl (C=O) groups excluding carboxylic acids is 1. The van der Waals surface area contributed by atoms with Gasteiger partial charge in [-0.05, 0) is 36.0 Å². The Kier molecular flexibility index (Phi) is 19.4. The molecule has 0 aromatic heterocycles. The summed E-state index contributed by atoms with van der Waals surface area (Å²) < 4.78 is 4.33. The summed E-state index contributed by atoms with van der Waals surface area (Å²) in [6, 6.07) is 0. The van der Waals surface area contributed by atoms with Crippen LogP contribution < -0.4 is 0 Å². The summed E-state index contributed by atoms with van der Waals surface area (Å²) in [5, 5.41) is 0. The molecule has 2 nitrogen and oxygen atoms in total. The van der Waals surface area contributed by atoms with Gasteiger partial charge in [-0.3, -0.25) is 0 Å². The van der Waals surface area contributed by atoms with Gasteiger partial charge in [-0.15, -0.1) is 19.7 Å². The van der Waals surface area contributed by atoms with Gasteiger partial charge in [-0.25, -0.2) is 4.79 Å². The van der Waals surface area contributed by atoms with Crippen LogP contribution in [0, 0.1) is 16.7 Å². The van der Waals surface area contributed by atoms with E-state index in [9.17, 15) is 4.79 Å². The molecule has 1 aliphatic rings. The van der Waals surface area contributed by atoms with E-state index in [1.807, 2.05) is 13.0 Å². The molecule has 0 unspecified atom stereocenters. The molecule has 1 rings (SSSR count). The molecule has 0 spiro atoms. The standard InChI is InChI=1S/C10H20.C6H10O2.C6H12.C2H4/c1-10(2,3)9-7-5-4-6-8-9;1-3-4-5-6(7)8-2;1-5-6(2,3)4;1-2/h9H,4-8H2,1-3H3;4-5H,3H2,1-2H3;5H,1H2,2-4H3;1-2H2/b;5-4-;;. The Bertz CT molecular complexity index is 361. The lowest BCUT2D eigenvalue weighted by Gasteiger charge is -2.33. The number of hydrogen-bond donors (Lipinski definition) is 0. The van der Waals surface area contributed by atoms with Crippen molar-refractivity contribution in [3.63, 3.8) is 0 Å². The summed E-state index contributed by atoms with van der Waals surface area (Å²) in [5.74, 6) is 0.716. The fourth-order valence-corrected chi connectivity index (χ4v) is 2.25. The Labute approximate surface area is 164 Å². The molecule has 0 radical (unpaired) electrons. The highest BCUT2D eigenvalue weighted by atomic mass is 16.5. The second-order valence-electron chi connectivity index (χ2n) is 8.60. The van der Waals surface area contributed by atoms with Crippen molar-refractivity contribution in [2.75, 3.05) is 7.11 Å². The zero-order valence-electron chi connectivity index (χ0n) is 19.0. The lowest BCUT2D eigenvalue weighted by molar-refractivity contribution is -0.134. The summed E-state index contributed by atoms with van der Waals surface area (Å²) in [4.78, 5) is 10.3. The summed E-state index contributed by atoms with van der Waals surface area (Å²) >= 11 is 0. The number of ether oxygens (including phenoxy) is 1. The summed E-state index contributed by atoms with van der Waals surface area (Å²) in [5.41, 5.74) is 0.875. The van der Waals surface area contributed by atoms with Gasteiger partial charge in [0, 0.05) is 6.08 Å². The van der Waals surface area contributed by atoms with E-state index in [1.54, 1.807) is 6.08 Å². The third-order valence-corrected chi connectivity index (χ3v) is 4.13. The predicted molar refractivity (Wildman–Crippen MR) is 118 cm³/mol. The van der Waals surface area contributed by atoms with Gasteiger partial charge >= 0.3 is 5.97 Å². The van der Waals surface area contributed by atoms with Crippen LogP contribution in [0.5, 0.6) is 0 Å². The van der Waals surface area contributed by atoms with Gasteiger partial charge < -0.3 is 4.74 Å². The van der Waals surface area contributed by atoms with E-state index in [-0.39, 0.29) is 5.97 Å². The molecule has 0 atom stereocenters. The van der Waals surface area contributed by atoms with Gasteiger partial charge in [0.15, 0.2) is 0 Å². The number of rotatable bonds is 2. The molecule has 0 heterocycles. The summed E-state index contributed by atoms with van der Waals surface area (Å²) in [6.07, 6.45) is 13.4. The zero-order chi connectivity index (χ0) is 21.2. The van der Waals surface area contributed by atoms with Crippen molar-refractivity contribution in [3.05, 3.63) is 38.0 Å². The minimum Gasteiger partial charge on any atom is -0.466 e. The van der Waals surface area contributed by atoms with Gasteiger partial charge in [0.25, 0.3) is 0 Å². The molecule has 0 aliphatic heterocycles. The molecule has 1 fully saturated rings. The first-order chi connectivity index (χ1) is 12.0. The first kappa shape index (κ1) is 29.5. The highest BCUT2D eigenvalue weighted by molar-refractivity contribution is 5.81. The molecule has 0 amide bonds. The molecule has 0 N–H and O–H groups in total. The van der Waals surface area contributed by atoms with Crippen LogP contribution in [0.2, 0.25) is 0 Å². The lowest BCUT2D eigenvalue weighted by atomic mass is 9.72. The molecule has 1 aliphatic carbocycles. The molecule has 0 aromatic rings. The van der Waals surface area contributed by atoms with Crippen molar-refractivity contribution in [1.29, 1.82) is 0 Å². The average Bonchev–Trinajstić information content (AvgIpc) is 2.62. The smallest absolute Gasteiger partial charge is 0.330 e. The van der Waals surface area contributed by atoms with Crippen LogP contribution in [0.4, 0.5) is 0 Å². The maximum absolute atomic E-state index is 10.3. The van der Waals surface area contributed by atoms with Crippen LogP contribution in [-0.2, 0) is 9.53 Å². The second-order valence-corrected chi connectivity index (χ2v) is 8.60.